The normalized spacial score (nSPS) is 19.6. The van der Waals surface area contributed by atoms with E-state index < -0.39 is 0 Å². The Balaban J connectivity index is 2.01. The van der Waals surface area contributed by atoms with Gasteiger partial charge in [-0.2, -0.15) is 4.98 Å². The number of nitrogens with one attached hydrogen (secondary N) is 1. The van der Waals surface area contributed by atoms with Gasteiger partial charge in [-0.1, -0.05) is 25.4 Å². The Labute approximate surface area is 113 Å². The summed E-state index contributed by atoms with van der Waals surface area (Å²) in [5, 5.41) is 3.94. The summed E-state index contributed by atoms with van der Waals surface area (Å²) in [6.45, 7) is 4.65. The molecule has 1 fully saturated rings. The van der Waals surface area contributed by atoms with Gasteiger partial charge in [-0.15, -0.1) is 0 Å². The molecule has 0 amide bonds. The highest BCUT2D eigenvalue weighted by atomic mass is 35.5. The summed E-state index contributed by atoms with van der Waals surface area (Å²) in [7, 11) is 1.55. The first kappa shape index (κ1) is 13.4. The van der Waals surface area contributed by atoms with Crippen LogP contribution in [0.1, 0.15) is 39.5 Å². The molecule has 0 spiro atoms. The highest BCUT2D eigenvalue weighted by molar-refractivity contribution is 6.32. The van der Waals surface area contributed by atoms with Crippen LogP contribution in [0.5, 0.6) is 6.01 Å². The van der Waals surface area contributed by atoms with Crippen LogP contribution in [0.25, 0.3) is 0 Å². The highest BCUT2D eigenvalue weighted by Gasteiger charge is 2.27. The van der Waals surface area contributed by atoms with Crippen LogP contribution < -0.4 is 10.1 Å². The van der Waals surface area contributed by atoms with Gasteiger partial charge in [0.15, 0.2) is 5.82 Å². The summed E-state index contributed by atoms with van der Waals surface area (Å²) in [6.07, 6.45) is 6.32. The van der Waals surface area contributed by atoms with Crippen LogP contribution >= 0.6 is 11.6 Å². The lowest BCUT2D eigenvalue weighted by Gasteiger charge is -2.34. The minimum Gasteiger partial charge on any atom is -0.467 e. The Bertz CT molecular complexity index is 413. The lowest BCUT2D eigenvalue weighted by molar-refractivity contribution is 0.232. The Morgan fingerprint density at radius 2 is 2.06 bits per heavy atom. The third kappa shape index (κ3) is 3.25. The molecule has 100 valence electrons. The van der Waals surface area contributed by atoms with Gasteiger partial charge in [0.25, 0.3) is 0 Å². The fourth-order valence-electron chi connectivity index (χ4n) is 2.29. The Morgan fingerprint density at radius 3 is 2.67 bits per heavy atom. The second kappa shape index (κ2) is 5.31. The molecule has 1 aromatic rings. The predicted molar refractivity (Wildman–Crippen MR) is 73.3 cm³/mol. The van der Waals surface area contributed by atoms with Gasteiger partial charge in [0.2, 0.25) is 0 Å². The minimum absolute atomic E-state index is 0.345. The molecule has 0 unspecified atom stereocenters. The lowest BCUT2D eigenvalue weighted by atomic mass is 9.75. The van der Waals surface area contributed by atoms with E-state index in [9.17, 15) is 0 Å². The van der Waals surface area contributed by atoms with E-state index in [2.05, 4.69) is 29.1 Å². The third-order valence-corrected chi connectivity index (χ3v) is 3.86. The van der Waals surface area contributed by atoms with Crippen molar-refractivity contribution in [3.63, 3.8) is 0 Å². The molecule has 0 aromatic carbocycles. The van der Waals surface area contributed by atoms with Crippen molar-refractivity contribution in [3.8, 4) is 6.01 Å². The molecule has 0 atom stereocenters. The molecule has 5 heteroatoms. The molecule has 1 aliphatic carbocycles. The number of nitrogens with zero attached hydrogens (tertiary/aromatic N) is 2. The largest absolute Gasteiger partial charge is 0.467 e. The summed E-state index contributed by atoms with van der Waals surface area (Å²) >= 11 is 6.09. The van der Waals surface area contributed by atoms with Crippen LogP contribution in [0.15, 0.2) is 6.20 Å². The van der Waals surface area contributed by atoms with Gasteiger partial charge in [-0.25, -0.2) is 4.98 Å². The number of anilines is 1. The van der Waals surface area contributed by atoms with Gasteiger partial charge in [-0.05, 0) is 31.1 Å². The first-order chi connectivity index (χ1) is 8.50. The van der Waals surface area contributed by atoms with Crippen LogP contribution in [-0.4, -0.2) is 23.1 Å². The van der Waals surface area contributed by atoms with Crippen LogP contribution in [-0.2, 0) is 0 Å². The predicted octanol–water partition coefficient (Wildman–Crippen LogP) is 3.52. The fraction of sp³-hybridized carbons (Fsp3) is 0.692. The number of hydrogen-bond acceptors (Lipinski definition) is 4. The Hall–Kier alpha value is -1.03. The number of methoxy groups -OCH3 is 1. The molecular formula is C13H20ClN3O. The zero-order chi connectivity index (χ0) is 13.2. The van der Waals surface area contributed by atoms with E-state index in [-0.39, 0.29) is 0 Å². The number of ether oxygens (including phenoxy) is 1. The van der Waals surface area contributed by atoms with Crippen molar-refractivity contribution in [3.05, 3.63) is 11.2 Å². The maximum absolute atomic E-state index is 6.09. The monoisotopic (exact) mass is 269 g/mol. The van der Waals surface area contributed by atoms with E-state index in [1.54, 1.807) is 13.3 Å². The SMILES string of the molecule is COc1ncc(Cl)c(NC2CCC(C)(C)CC2)n1. The molecule has 4 nitrogen and oxygen atoms in total. The van der Waals surface area contributed by atoms with Gasteiger partial charge >= 0.3 is 6.01 Å². The zero-order valence-electron chi connectivity index (χ0n) is 11.2. The maximum Gasteiger partial charge on any atom is 0.318 e. The first-order valence-electron chi connectivity index (χ1n) is 6.33. The molecule has 0 saturated heterocycles. The lowest BCUT2D eigenvalue weighted by Crippen LogP contribution is -2.30. The molecule has 1 heterocycles. The van der Waals surface area contributed by atoms with Gasteiger partial charge in [0.05, 0.1) is 13.3 Å². The average Bonchev–Trinajstić information content (AvgIpc) is 2.34. The topological polar surface area (TPSA) is 47.0 Å². The summed E-state index contributed by atoms with van der Waals surface area (Å²) in [5.41, 5.74) is 0.464. The van der Waals surface area contributed by atoms with Crippen molar-refractivity contribution in [1.29, 1.82) is 0 Å². The van der Waals surface area contributed by atoms with Gasteiger partial charge in [0, 0.05) is 6.04 Å². The first-order valence-corrected chi connectivity index (χ1v) is 6.71. The van der Waals surface area contributed by atoms with Crippen LogP contribution in [0, 0.1) is 5.41 Å². The fourth-order valence-corrected chi connectivity index (χ4v) is 2.43. The summed E-state index contributed by atoms with van der Waals surface area (Å²) < 4.78 is 5.01. The molecule has 0 radical (unpaired) electrons. The number of aromatic nitrogens is 2. The molecule has 1 aliphatic rings. The average molecular weight is 270 g/mol. The number of hydrogen-bond donors (Lipinski definition) is 1. The van der Waals surface area contributed by atoms with Crippen molar-refractivity contribution < 1.29 is 4.74 Å². The standard InChI is InChI=1S/C13H20ClN3O/c1-13(2)6-4-9(5-7-13)16-11-10(14)8-15-12(17-11)18-3/h8-9H,4-7H2,1-3H3,(H,15,16,17). The van der Waals surface area contributed by atoms with Crippen LogP contribution in [0.2, 0.25) is 5.02 Å². The van der Waals surface area contributed by atoms with Gasteiger partial charge < -0.3 is 10.1 Å². The molecule has 1 saturated carbocycles. The van der Waals surface area contributed by atoms with Crippen LogP contribution in [0.4, 0.5) is 5.82 Å². The molecule has 2 rings (SSSR count). The maximum atomic E-state index is 6.09. The van der Waals surface area contributed by atoms with E-state index in [1.807, 2.05) is 0 Å². The van der Waals surface area contributed by atoms with Crippen molar-refractivity contribution in [1.82, 2.24) is 9.97 Å². The molecule has 18 heavy (non-hydrogen) atoms. The summed E-state index contributed by atoms with van der Waals surface area (Å²) in [4.78, 5) is 8.21. The number of rotatable bonds is 3. The quantitative estimate of drug-likeness (QED) is 0.912. The van der Waals surface area contributed by atoms with Crippen molar-refractivity contribution in [2.75, 3.05) is 12.4 Å². The highest BCUT2D eigenvalue weighted by Crippen LogP contribution is 2.36. The Kier molecular flexibility index (Phi) is 3.95. The van der Waals surface area contributed by atoms with E-state index in [0.29, 0.717) is 28.3 Å². The smallest absolute Gasteiger partial charge is 0.318 e. The molecule has 1 aromatic heterocycles. The Morgan fingerprint density at radius 1 is 1.39 bits per heavy atom. The van der Waals surface area contributed by atoms with E-state index in [4.69, 9.17) is 16.3 Å². The summed E-state index contributed by atoms with van der Waals surface area (Å²) in [5.74, 6) is 0.674. The molecule has 0 aliphatic heterocycles. The van der Waals surface area contributed by atoms with Gasteiger partial charge in [-0.3, -0.25) is 0 Å². The van der Waals surface area contributed by atoms with Gasteiger partial charge in [0.1, 0.15) is 5.02 Å². The molecule has 0 bridgehead atoms. The van der Waals surface area contributed by atoms with E-state index in [0.717, 1.165) is 12.8 Å². The number of halogens is 1. The molecular weight excluding hydrogens is 250 g/mol. The van der Waals surface area contributed by atoms with E-state index >= 15 is 0 Å². The molecule has 1 N–H and O–H groups in total. The second-order valence-corrected chi connectivity index (χ2v) is 6.04. The van der Waals surface area contributed by atoms with Crippen molar-refractivity contribution >= 4 is 17.4 Å². The summed E-state index contributed by atoms with van der Waals surface area (Å²) in [6, 6.07) is 0.785. The van der Waals surface area contributed by atoms with E-state index in [1.165, 1.54) is 12.8 Å². The zero-order valence-corrected chi connectivity index (χ0v) is 11.9. The third-order valence-electron chi connectivity index (χ3n) is 3.58. The second-order valence-electron chi connectivity index (χ2n) is 5.64. The van der Waals surface area contributed by atoms with Crippen molar-refractivity contribution in [2.45, 2.75) is 45.6 Å². The van der Waals surface area contributed by atoms with Crippen molar-refractivity contribution in [2.24, 2.45) is 5.41 Å². The van der Waals surface area contributed by atoms with Crippen LogP contribution in [0.3, 0.4) is 0 Å². The minimum atomic E-state index is 0.345.